The number of piperidine rings is 3. The zero-order valence-corrected chi connectivity index (χ0v) is 16.8. The number of benzene rings is 2. The lowest BCUT2D eigenvalue weighted by molar-refractivity contribution is -0.0766. The SMILES string of the molecule is CCN1c2ccccc2Sc2cc(COC3CN4CCC3CC4)ccc21.[B]. The van der Waals surface area contributed by atoms with E-state index in [1.807, 2.05) is 11.8 Å². The number of anilines is 2. The predicted molar refractivity (Wildman–Crippen MR) is 113 cm³/mol. The van der Waals surface area contributed by atoms with E-state index < -0.39 is 0 Å². The monoisotopic (exact) mass is 377 g/mol. The van der Waals surface area contributed by atoms with Crippen LogP contribution < -0.4 is 4.90 Å². The number of rotatable bonds is 4. The summed E-state index contributed by atoms with van der Waals surface area (Å²) in [6.45, 7) is 7.61. The van der Waals surface area contributed by atoms with E-state index in [-0.39, 0.29) is 8.41 Å². The highest BCUT2D eigenvalue weighted by molar-refractivity contribution is 7.99. The summed E-state index contributed by atoms with van der Waals surface area (Å²) < 4.78 is 6.35. The quantitative estimate of drug-likeness (QED) is 0.727. The highest BCUT2D eigenvalue weighted by Gasteiger charge is 2.34. The van der Waals surface area contributed by atoms with Crippen molar-refractivity contribution in [3.8, 4) is 0 Å². The van der Waals surface area contributed by atoms with Crippen LogP contribution in [0.5, 0.6) is 0 Å². The smallest absolute Gasteiger partial charge is 0.0735 e. The van der Waals surface area contributed by atoms with Gasteiger partial charge in [0.15, 0.2) is 0 Å². The Labute approximate surface area is 168 Å². The van der Waals surface area contributed by atoms with Crippen molar-refractivity contribution in [2.24, 2.45) is 5.92 Å². The summed E-state index contributed by atoms with van der Waals surface area (Å²) in [6, 6.07) is 15.6. The molecule has 2 aromatic carbocycles. The minimum atomic E-state index is 0. The number of para-hydroxylation sites is 1. The van der Waals surface area contributed by atoms with Crippen molar-refractivity contribution in [1.82, 2.24) is 4.90 Å². The predicted octanol–water partition coefficient (Wildman–Crippen LogP) is 4.54. The van der Waals surface area contributed by atoms with Gasteiger partial charge >= 0.3 is 0 Å². The van der Waals surface area contributed by atoms with Gasteiger partial charge in [0, 0.05) is 31.3 Å². The summed E-state index contributed by atoms with van der Waals surface area (Å²) in [6.07, 6.45) is 3.05. The van der Waals surface area contributed by atoms with Crippen molar-refractivity contribution in [2.45, 2.75) is 42.3 Å². The van der Waals surface area contributed by atoms with Gasteiger partial charge in [-0.15, -0.1) is 0 Å². The molecule has 0 aromatic heterocycles. The molecule has 0 saturated carbocycles. The molecule has 0 N–H and O–H groups in total. The molecule has 27 heavy (non-hydrogen) atoms. The van der Waals surface area contributed by atoms with Gasteiger partial charge in [0.1, 0.15) is 0 Å². The van der Waals surface area contributed by atoms with Crippen LogP contribution in [-0.4, -0.2) is 45.6 Å². The molecule has 139 valence electrons. The molecule has 0 spiro atoms. The van der Waals surface area contributed by atoms with Gasteiger partial charge in [-0.2, -0.15) is 0 Å². The van der Waals surface area contributed by atoms with Crippen LogP contribution in [0.4, 0.5) is 11.4 Å². The summed E-state index contributed by atoms with van der Waals surface area (Å²) in [4.78, 5) is 7.67. The third-order valence-electron chi connectivity index (χ3n) is 6.07. The molecule has 3 radical (unpaired) electrons. The fourth-order valence-corrected chi connectivity index (χ4v) is 5.77. The molecule has 4 heterocycles. The van der Waals surface area contributed by atoms with E-state index in [0.717, 1.165) is 25.6 Å². The lowest BCUT2D eigenvalue weighted by atomic mass is 9.86. The molecule has 3 nitrogen and oxygen atoms in total. The first kappa shape index (κ1) is 18.9. The standard InChI is InChI=1S/C22H26N2OS.B/c1-2-24-18-5-3-4-6-21(18)26-22-13-16(7-8-19(22)24)15-25-20-14-23-11-9-17(20)10-12-23;/h3-8,13,17,20H,2,9-12,14-15H2,1H3;. The fourth-order valence-electron chi connectivity index (χ4n) is 4.61. The Hall–Kier alpha value is -1.43. The lowest BCUT2D eigenvalue weighted by Crippen LogP contribution is -2.51. The summed E-state index contributed by atoms with van der Waals surface area (Å²) in [5, 5.41) is 0. The molecule has 3 fully saturated rings. The van der Waals surface area contributed by atoms with Crippen LogP contribution in [0.2, 0.25) is 0 Å². The lowest BCUT2D eigenvalue weighted by Gasteiger charge is -2.44. The molecule has 5 heteroatoms. The van der Waals surface area contributed by atoms with Crippen molar-refractivity contribution in [2.75, 3.05) is 31.1 Å². The van der Waals surface area contributed by atoms with Crippen molar-refractivity contribution < 1.29 is 4.74 Å². The highest BCUT2D eigenvalue weighted by atomic mass is 32.2. The van der Waals surface area contributed by atoms with Gasteiger partial charge < -0.3 is 14.5 Å². The van der Waals surface area contributed by atoms with Gasteiger partial charge in [0.05, 0.1) is 24.1 Å². The van der Waals surface area contributed by atoms with E-state index in [2.05, 4.69) is 59.2 Å². The summed E-state index contributed by atoms with van der Waals surface area (Å²) >= 11 is 1.88. The van der Waals surface area contributed by atoms with Crippen LogP contribution in [0.15, 0.2) is 52.3 Å². The van der Waals surface area contributed by atoms with Crippen LogP contribution in [-0.2, 0) is 11.3 Å². The molecule has 2 bridgehead atoms. The average Bonchev–Trinajstić information content (AvgIpc) is 2.71. The number of hydrogen-bond donors (Lipinski definition) is 0. The van der Waals surface area contributed by atoms with E-state index in [9.17, 15) is 0 Å². The molecule has 1 atom stereocenters. The molecule has 6 rings (SSSR count). The maximum Gasteiger partial charge on any atom is 0.0735 e. The largest absolute Gasteiger partial charge is 0.372 e. The second kappa shape index (κ2) is 7.90. The first-order chi connectivity index (χ1) is 12.8. The molecule has 4 aliphatic rings. The first-order valence-electron chi connectivity index (χ1n) is 9.83. The topological polar surface area (TPSA) is 15.7 Å². The first-order valence-corrected chi connectivity index (χ1v) is 10.6. The minimum absolute atomic E-state index is 0. The van der Waals surface area contributed by atoms with Gasteiger partial charge in [-0.05, 0) is 68.6 Å². The molecule has 0 amide bonds. The number of fused-ring (bicyclic) bond motifs is 5. The fraction of sp³-hybridized carbons (Fsp3) is 0.455. The molecule has 4 aliphatic heterocycles. The maximum absolute atomic E-state index is 6.35. The van der Waals surface area contributed by atoms with Crippen LogP contribution in [0, 0.1) is 5.92 Å². The third kappa shape index (κ3) is 3.53. The Morgan fingerprint density at radius 2 is 1.81 bits per heavy atom. The van der Waals surface area contributed by atoms with Gasteiger partial charge in [-0.3, -0.25) is 0 Å². The summed E-state index contributed by atoms with van der Waals surface area (Å²) in [7, 11) is 0. The van der Waals surface area contributed by atoms with Crippen molar-refractivity contribution in [3.63, 3.8) is 0 Å². The van der Waals surface area contributed by atoms with E-state index >= 15 is 0 Å². The van der Waals surface area contributed by atoms with Crippen LogP contribution in [0.1, 0.15) is 25.3 Å². The molecular weight excluding hydrogens is 351 g/mol. The van der Waals surface area contributed by atoms with Gasteiger partial charge in [-0.1, -0.05) is 30.0 Å². The molecule has 1 unspecified atom stereocenters. The molecule has 2 aromatic rings. The van der Waals surface area contributed by atoms with Crippen LogP contribution in [0.25, 0.3) is 0 Å². The second-order valence-corrected chi connectivity index (χ2v) is 8.69. The Morgan fingerprint density at radius 1 is 1.04 bits per heavy atom. The Kier molecular flexibility index (Phi) is 5.54. The summed E-state index contributed by atoms with van der Waals surface area (Å²) in [5.41, 5.74) is 3.94. The Balaban J connectivity index is 0.00000180. The average molecular weight is 377 g/mol. The Morgan fingerprint density at radius 3 is 2.56 bits per heavy atom. The number of hydrogen-bond acceptors (Lipinski definition) is 4. The van der Waals surface area contributed by atoms with E-state index in [4.69, 9.17) is 4.74 Å². The summed E-state index contributed by atoms with van der Waals surface area (Å²) in [5.74, 6) is 0.773. The number of nitrogens with zero attached hydrogens (tertiary/aromatic N) is 2. The maximum atomic E-state index is 6.35. The van der Waals surface area contributed by atoms with E-state index in [1.54, 1.807) is 0 Å². The van der Waals surface area contributed by atoms with Crippen molar-refractivity contribution in [3.05, 3.63) is 48.0 Å². The number of ether oxygens (including phenoxy) is 1. The van der Waals surface area contributed by atoms with Crippen molar-refractivity contribution >= 4 is 31.5 Å². The van der Waals surface area contributed by atoms with Crippen molar-refractivity contribution in [1.29, 1.82) is 0 Å². The zero-order chi connectivity index (χ0) is 17.5. The normalized spacial score (nSPS) is 25.5. The minimum Gasteiger partial charge on any atom is -0.372 e. The highest BCUT2D eigenvalue weighted by Crippen LogP contribution is 2.48. The Bertz CT molecular complexity index is 807. The van der Waals surface area contributed by atoms with Crippen LogP contribution in [0.3, 0.4) is 0 Å². The molecular formula is C22H26BN2OS. The van der Waals surface area contributed by atoms with Gasteiger partial charge in [-0.25, -0.2) is 0 Å². The second-order valence-electron chi connectivity index (χ2n) is 7.60. The van der Waals surface area contributed by atoms with Gasteiger partial charge in [0.25, 0.3) is 0 Å². The third-order valence-corrected chi connectivity index (χ3v) is 7.18. The van der Waals surface area contributed by atoms with E-state index in [1.165, 1.54) is 52.7 Å². The van der Waals surface area contributed by atoms with Gasteiger partial charge in [0.2, 0.25) is 0 Å². The molecule has 3 saturated heterocycles. The zero-order valence-electron chi connectivity index (χ0n) is 15.9. The van der Waals surface area contributed by atoms with Crippen LogP contribution >= 0.6 is 11.8 Å². The van der Waals surface area contributed by atoms with E-state index in [0.29, 0.717) is 6.10 Å². The molecule has 0 aliphatic carbocycles.